The number of ketones is 6. The van der Waals surface area contributed by atoms with Gasteiger partial charge < -0.3 is 21.1 Å². The molecule has 0 saturated carbocycles. The van der Waals surface area contributed by atoms with Gasteiger partial charge in [0.1, 0.15) is 19.0 Å². The van der Waals surface area contributed by atoms with Gasteiger partial charge in [0, 0.05) is 75.5 Å². The summed E-state index contributed by atoms with van der Waals surface area (Å²) in [6.45, 7) is 1.03. The molecule has 3 heterocycles. The molecule has 22 heteroatoms. The van der Waals surface area contributed by atoms with Gasteiger partial charge in [-0.1, -0.05) is 33.7 Å². The molecule has 0 aromatic heterocycles. The molecule has 4 rings (SSSR count). The number of likely N-dealkylation sites (tertiary alicyclic amines) is 2. The monoisotopic (exact) mass is 903 g/mol. The summed E-state index contributed by atoms with van der Waals surface area (Å²) >= 11 is 0.989. The van der Waals surface area contributed by atoms with Crippen molar-refractivity contribution >= 4 is 115 Å². The maximum atomic E-state index is 13.8. The van der Waals surface area contributed by atoms with Crippen LogP contribution in [0.5, 0.6) is 0 Å². The number of anilines is 1. The fourth-order valence-electron chi connectivity index (χ4n) is 6.71. The number of Topliss-reactive ketones (excluding diaryl/α,β-unsaturated/α-hetero) is 6. The van der Waals surface area contributed by atoms with Crippen molar-refractivity contribution < 1.29 is 67.1 Å². The highest BCUT2D eigenvalue weighted by Crippen LogP contribution is 2.65. The lowest BCUT2D eigenvalue weighted by Gasteiger charge is -2.28. The number of β-lactam (4-membered cyclic amide) rings is 1. The first kappa shape index (κ1) is 48.6. The van der Waals surface area contributed by atoms with Crippen LogP contribution in [-0.2, 0) is 73.5 Å². The maximum absolute atomic E-state index is 13.8. The number of rotatable bonds is 26. The molecule has 2 unspecified atom stereocenters. The highest BCUT2D eigenvalue weighted by molar-refractivity contribution is 8.94. The first-order valence-corrected chi connectivity index (χ1v) is 22.3. The van der Waals surface area contributed by atoms with Crippen LogP contribution in [0.1, 0.15) is 64.9 Å². The molecule has 3 aliphatic heterocycles. The number of hydrogen-bond acceptors (Lipinski definition) is 17. The SMILES string of the molecule is CC(=O)C(C(C)=O)(C(C)=O)C(=O)C(CNC(=O)COCC(=O)Nc1ccc(CCC(=O)N2CCC2=O)cc1)CC(=O)CCSC1CC(=O)N(CCC(=O)C2(C(N)=O)SS2)C1=O. The summed E-state index contributed by atoms with van der Waals surface area (Å²) in [4.78, 5) is 166. The smallest absolute Gasteiger partial charge is 0.253 e. The van der Waals surface area contributed by atoms with Gasteiger partial charge in [-0.05, 0) is 44.9 Å². The summed E-state index contributed by atoms with van der Waals surface area (Å²) in [5.74, 6) is -10.8. The summed E-state index contributed by atoms with van der Waals surface area (Å²) in [5.41, 5.74) is 3.78. The molecule has 1 aromatic carbocycles. The minimum Gasteiger partial charge on any atom is -0.367 e. The molecule has 328 valence electrons. The Hall–Kier alpha value is -5.06. The molecule has 61 heavy (non-hydrogen) atoms. The first-order chi connectivity index (χ1) is 28.7. The topological polar surface area (TPSA) is 288 Å². The van der Waals surface area contributed by atoms with E-state index in [1.807, 2.05) is 0 Å². The van der Waals surface area contributed by atoms with Crippen molar-refractivity contribution in [2.45, 2.75) is 75.0 Å². The van der Waals surface area contributed by atoms with E-state index in [9.17, 15) is 62.3 Å². The third kappa shape index (κ3) is 11.9. The number of nitrogens with one attached hydrogen (secondary N) is 2. The number of primary amides is 1. The van der Waals surface area contributed by atoms with E-state index in [1.54, 1.807) is 24.3 Å². The van der Waals surface area contributed by atoms with Gasteiger partial charge in [0.05, 0.1) is 5.25 Å². The van der Waals surface area contributed by atoms with E-state index >= 15 is 0 Å². The number of hydrogen-bond donors (Lipinski definition) is 3. The highest BCUT2D eigenvalue weighted by Gasteiger charge is 2.58. The number of nitrogens with zero attached hydrogens (tertiary/aromatic N) is 2. The average Bonchev–Trinajstić information content (AvgIpc) is 3.96. The van der Waals surface area contributed by atoms with Gasteiger partial charge in [-0.2, -0.15) is 0 Å². The molecule has 0 aliphatic carbocycles. The average molecular weight is 904 g/mol. The Labute approximate surface area is 361 Å². The normalized spacial score (nSPS) is 17.2. The third-order valence-electron chi connectivity index (χ3n) is 10.2. The minimum atomic E-state index is -2.72. The van der Waals surface area contributed by atoms with Gasteiger partial charge >= 0.3 is 0 Å². The Morgan fingerprint density at radius 1 is 0.885 bits per heavy atom. The zero-order chi connectivity index (χ0) is 45.2. The van der Waals surface area contributed by atoms with Crippen LogP contribution in [-0.4, -0.2) is 134 Å². The lowest BCUT2D eigenvalue weighted by Crippen LogP contribution is -2.54. The van der Waals surface area contributed by atoms with Crippen LogP contribution >= 0.6 is 33.3 Å². The molecule has 0 spiro atoms. The van der Waals surface area contributed by atoms with Crippen LogP contribution < -0.4 is 16.4 Å². The molecule has 19 nitrogen and oxygen atoms in total. The summed E-state index contributed by atoms with van der Waals surface area (Å²) in [7, 11) is 2.00. The standard InChI is InChI=1S/C39H45N5O14S3/c1-21(45)38(22(2)46,23(3)47)35(55)25(16-27(48)12-15-59-28-17-34(54)44(36(28)56)13-10-29(49)39(37(40)57)60-61-39)18-41-30(50)19-58-20-31(51)42-26-7-4-24(5-8-26)6-9-32(52)43-14-11-33(43)53/h4-5,7-8,25,28H,6,9-20H2,1-3H3,(H2,40,57)(H,41,50)(H,42,51). The van der Waals surface area contributed by atoms with E-state index in [0.29, 0.717) is 25.1 Å². The van der Waals surface area contributed by atoms with Crippen LogP contribution in [0, 0.1) is 11.3 Å². The lowest BCUT2D eigenvalue weighted by atomic mass is 9.68. The highest BCUT2D eigenvalue weighted by atomic mass is 33.2. The molecular formula is C39H45N5O14S3. The predicted octanol–water partition coefficient (Wildman–Crippen LogP) is 0.134. The first-order valence-electron chi connectivity index (χ1n) is 19.1. The number of ether oxygens (including phenoxy) is 1. The molecule has 1 aromatic rings. The second kappa shape index (κ2) is 21.1. The number of carbonyl (C=O) groups excluding carboxylic acids is 13. The number of aryl methyl sites for hydroxylation is 1. The van der Waals surface area contributed by atoms with Crippen LogP contribution in [0.2, 0.25) is 0 Å². The predicted molar refractivity (Wildman–Crippen MR) is 220 cm³/mol. The van der Waals surface area contributed by atoms with Crippen LogP contribution in [0.4, 0.5) is 5.69 Å². The van der Waals surface area contributed by atoms with Crippen molar-refractivity contribution in [1.82, 2.24) is 15.1 Å². The van der Waals surface area contributed by atoms with Crippen molar-refractivity contribution in [3.8, 4) is 0 Å². The van der Waals surface area contributed by atoms with E-state index < -0.39 is 111 Å². The fraction of sp³-hybridized carbons (Fsp3) is 0.513. The molecule has 0 radical (unpaired) electrons. The van der Waals surface area contributed by atoms with Gasteiger partial charge in [0.15, 0.2) is 28.9 Å². The van der Waals surface area contributed by atoms with Gasteiger partial charge in [0.2, 0.25) is 44.9 Å². The zero-order valence-electron chi connectivity index (χ0n) is 33.6. The van der Waals surface area contributed by atoms with Crippen LogP contribution in [0.25, 0.3) is 0 Å². The Bertz CT molecular complexity index is 2000. The minimum absolute atomic E-state index is 0.000973. The molecular weight excluding hydrogens is 859 g/mol. The number of amides is 7. The summed E-state index contributed by atoms with van der Waals surface area (Å²) < 4.78 is 3.79. The van der Waals surface area contributed by atoms with Crippen molar-refractivity contribution in [3.05, 3.63) is 29.8 Å². The Balaban J connectivity index is 1.26. The Kier molecular flexibility index (Phi) is 16.9. The maximum Gasteiger partial charge on any atom is 0.253 e. The molecule has 0 bridgehead atoms. The van der Waals surface area contributed by atoms with Gasteiger partial charge in [-0.3, -0.25) is 72.1 Å². The number of imide groups is 2. The van der Waals surface area contributed by atoms with Crippen molar-refractivity contribution in [2.75, 3.05) is 43.9 Å². The summed E-state index contributed by atoms with van der Waals surface area (Å²) in [6.07, 6.45) is -0.410. The molecule has 3 aliphatic rings. The second-order valence-electron chi connectivity index (χ2n) is 14.5. The lowest BCUT2D eigenvalue weighted by molar-refractivity contribution is -0.156. The van der Waals surface area contributed by atoms with Crippen LogP contribution in [0.15, 0.2) is 24.3 Å². The quantitative estimate of drug-likeness (QED) is 0.0366. The van der Waals surface area contributed by atoms with E-state index in [-0.39, 0.29) is 49.8 Å². The largest absolute Gasteiger partial charge is 0.367 e. The molecule has 4 N–H and O–H groups in total. The van der Waals surface area contributed by atoms with E-state index in [0.717, 1.165) is 64.6 Å². The molecule has 3 fully saturated rings. The molecule has 2 atom stereocenters. The van der Waals surface area contributed by atoms with E-state index in [1.165, 1.54) is 4.90 Å². The third-order valence-corrected chi connectivity index (χ3v) is 14.3. The van der Waals surface area contributed by atoms with E-state index in [4.69, 9.17) is 10.5 Å². The Morgan fingerprint density at radius 2 is 1.51 bits per heavy atom. The van der Waals surface area contributed by atoms with Gasteiger partial charge in [0.25, 0.3) is 5.91 Å². The van der Waals surface area contributed by atoms with Crippen molar-refractivity contribution in [3.63, 3.8) is 0 Å². The molecule has 3 saturated heterocycles. The van der Waals surface area contributed by atoms with Gasteiger partial charge in [-0.25, -0.2) is 0 Å². The van der Waals surface area contributed by atoms with Crippen LogP contribution in [0.3, 0.4) is 0 Å². The van der Waals surface area contributed by atoms with Gasteiger partial charge in [-0.15, -0.1) is 11.8 Å². The zero-order valence-corrected chi connectivity index (χ0v) is 36.0. The van der Waals surface area contributed by atoms with Crippen molar-refractivity contribution in [2.24, 2.45) is 17.1 Å². The number of nitrogens with two attached hydrogens (primary N) is 1. The number of thioether (sulfide) groups is 1. The van der Waals surface area contributed by atoms with Crippen molar-refractivity contribution in [1.29, 1.82) is 0 Å². The van der Waals surface area contributed by atoms with E-state index in [2.05, 4.69) is 10.6 Å². The Morgan fingerprint density at radius 3 is 2.05 bits per heavy atom. The second-order valence-corrected chi connectivity index (χ2v) is 18.6. The summed E-state index contributed by atoms with van der Waals surface area (Å²) in [5, 5.41) is 4.10. The fourth-order valence-corrected chi connectivity index (χ4v) is 9.81. The summed E-state index contributed by atoms with van der Waals surface area (Å²) in [6, 6.07) is 6.61. The molecule has 7 amide bonds. The number of benzene rings is 1. The number of carbonyl (C=O) groups is 13.